The van der Waals surface area contributed by atoms with Gasteiger partial charge in [-0.2, -0.15) is 18.3 Å². The molecule has 1 saturated carbocycles. The van der Waals surface area contributed by atoms with Crippen molar-refractivity contribution in [3.63, 3.8) is 0 Å². The Kier molecular flexibility index (Phi) is 10.7. The van der Waals surface area contributed by atoms with Gasteiger partial charge in [0.05, 0.1) is 11.7 Å². The Bertz CT molecular complexity index is 1720. The fourth-order valence-corrected chi connectivity index (χ4v) is 5.02. The largest absolute Gasteiger partial charge is 0.489 e. The maximum absolute atomic E-state index is 12.6. The molecule has 1 aromatic heterocycles. The number of carbonyl (C=O) groups excluding carboxylic acids is 1. The van der Waals surface area contributed by atoms with Crippen LogP contribution in [0.5, 0.6) is 5.75 Å². The van der Waals surface area contributed by atoms with Gasteiger partial charge in [-0.3, -0.25) is 4.79 Å². The monoisotopic (exact) mass is 626 g/mol. The topological polar surface area (TPSA) is 82.2 Å². The van der Waals surface area contributed by atoms with Gasteiger partial charge in [-0.1, -0.05) is 84.4 Å². The zero-order valence-corrected chi connectivity index (χ0v) is 25.6. The van der Waals surface area contributed by atoms with Crippen LogP contribution in [0.3, 0.4) is 0 Å². The van der Waals surface area contributed by atoms with Crippen LogP contribution in [-0.2, 0) is 19.3 Å². The number of nitrogens with one attached hydrogen (secondary N) is 1. The van der Waals surface area contributed by atoms with Gasteiger partial charge in [0.2, 0.25) is 0 Å². The van der Waals surface area contributed by atoms with E-state index in [1.165, 1.54) is 35.1 Å². The highest BCUT2D eigenvalue weighted by Crippen LogP contribution is 2.31. The number of nitrogens with two attached hydrogens (primary N) is 1. The van der Waals surface area contributed by atoms with Gasteiger partial charge in [0, 0.05) is 6.54 Å². The number of carbonyl (C=O) groups is 1. The van der Waals surface area contributed by atoms with E-state index >= 15 is 0 Å². The molecule has 0 radical (unpaired) electrons. The molecule has 46 heavy (non-hydrogen) atoms. The molecule has 0 saturated heterocycles. The van der Waals surface area contributed by atoms with E-state index in [1.54, 1.807) is 24.3 Å². The second-order valence-electron chi connectivity index (χ2n) is 11.4. The third kappa shape index (κ3) is 8.93. The molecule has 3 N–H and O–H groups in total. The number of hydrogen-bond donors (Lipinski definition) is 2. The highest BCUT2D eigenvalue weighted by molar-refractivity contribution is 5.73. The first-order chi connectivity index (χ1) is 22.2. The molecule has 1 aliphatic carbocycles. The summed E-state index contributed by atoms with van der Waals surface area (Å²) in [6.07, 6.45) is -1.54. The Hall–Kier alpha value is -4.73. The number of aldehydes is 1. The molecule has 1 aliphatic rings. The van der Waals surface area contributed by atoms with Crippen LogP contribution in [0.25, 0.3) is 5.69 Å². The third-order valence-electron chi connectivity index (χ3n) is 7.68. The molecule has 0 bridgehead atoms. The van der Waals surface area contributed by atoms with Crippen LogP contribution in [0.1, 0.15) is 62.9 Å². The molecule has 0 amide bonds. The van der Waals surface area contributed by atoms with Crippen LogP contribution in [-0.4, -0.2) is 22.6 Å². The molecule has 1 unspecified atom stereocenters. The lowest BCUT2D eigenvalue weighted by molar-refractivity contribution is -0.141. The molecule has 9 heteroatoms. The van der Waals surface area contributed by atoms with E-state index in [0.29, 0.717) is 24.6 Å². The maximum atomic E-state index is 12.6. The van der Waals surface area contributed by atoms with E-state index in [-0.39, 0.29) is 18.3 Å². The Morgan fingerprint density at radius 1 is 0.913 bits per heavy atom. The standard InChI is InChI=1S/C25H27NO.C12H10F3N3O/c1-19-6-5-9-23(16-19)25(26-17-20-10-11-20)22-12-14-24(15-13-22)27-18-21-7-3-2-4-8-21;13-12(14,15)11-5-10(7-19)18(17-11)9-3-1-2-8(4-9)6-16/h2-9,12-16,20,25-26H,10-11,17-18H2,1H3;1-5,7H,6,16H2. The average molecular weight is 627 g/mol. The van der Waals surface area contributed by atoms with Crippen molar-refractivity contribution in [2.75, 3.05) is 6.54 Å². The first-order valence-electron chi connectivity index (χ1n) is 15.2. The van der Waals surface area contributed by atoms with Crippen molar-refractivity contribution in [3.05, 3.63) is 148 Å². The zero-order valence-electron chi connectivity index (χ0n) is 25.6. The van der Waals surface area contributed by atoms with Crippen molar-refractivity contribution in [3.8, 4) is 11.4 Å². The van der Waals surface area contributed by atoms with Gasteiger partial charge in [-0.25, -0.2) is 4.68 Å². The summed E-state index contributed by atoms with van der Waals surface area (Å²) in [5.74, 6) is 1.76. The molecule has 1 fully saturated rings. The average Bonchev–Trinajstić information content (AvgIpc) is 3.79. The Labute approximate surface area is 267 Å². The lowest BCUT2D eigenvalue weighted by Crippen LogP contribution is -2.24. The van der Waals surface area contributed by atoms with Crippen molar-refractivity contribution in [2.24, 2.45) is 11.7 Å². The van der Waals surface area contributed by atoms with E-state index < -0.39 is 11.9 Å². The lowest BCUT2D eigenvalue weighted by Gasteiger charge is -2.21. The predicted octanol–water partition coefficient (Wildman–Crippen LogP) is 7.83. The van der Waals surface area contributed by atoms with Crippen LogP contribution in [0.4, 0.5) is 13.2 Å². The zero-order chi connectivity index (χ0) is 32.5. The van der Waals surface area contributed by atoms with E-state index in [9.17, 15) is 18.0 Å². The first kappa shape index (κ1) is 32.7. The number of ether oxygens (including phenoxy) is 1. The fraction of sp³-hybridized carbons (Fsp3) is 0.243. The van der Waals surface area contributed by atoms with Gasteiger partial charge >= 0.3 is 6.18 Å². The minimum absolute atomic E-state index is 0.165. The lowest BCUT2D eigenvalue weighted by atomic mass is 9.97. The summed E-state index contributed by atoms with van der Waals surface area (Å²) < 4.78 is 44.6. The molecule has 1 heterocycles. The molecule has 6 nitrogen and oxygen atoms in total. The molecular formula is C37H37F3N4O2. The molecule has 0 spiro atoms. The quantitative estimate of drug-likeness (QED) is 0.146. The molecule has 0 aliphatic heterocycles. The van der Waals surface area contributed by atoms with E-state index in [0.717, 1.165) is 28.5 Å². The Morgan fingerprint density at radius 2 is 1.63 bits per heavy atom. The molecule has 6 rings (SSSR count). The summed E-state index contributed by atoms with van der Waals surface area (Å²) in [6, 6.07) is 35.1. The second kappa shape index (κ2) is 15.0. The van der Waals surface area contributed by atoms with Gasteiger partial charge in [-0.05, 0) is 84.8 Å². The van der Waals surface area contributed by atoms with Crippen LogP contribution in [0.2, 0.25) is 0 Å². The molecule has 4 aromatic carbocycles. The Balaban J connectivity index is 0.000000193. The summed E-state index contributed by atoms with van der Waals surface area (Å²) in [5.41, 5.74) is 10.4. The van der Waals surface area contributed by atoms with Gasteiger partial charge in [0.1, 0.15) is 18.1 Å². The molecule has 1 atom stereocenters. The fourth-order valence-electron chi connectivity index (χ4n) is 5.02. The van der Waals surface area contributed by atoms with Gasteiger partial charge in [-0.15, -0.1) is 0 Å². The number of aromatic nitrogens is 2. The van der Waals surface area contributed by atoms with Crippen LogP contribution in [0.15, 0.2) is 109 Å². The normalized spacial score (nSPS) is 13.4. The van der Waals surface area contributed by atoms with E-state index in [4.69, 9.17) is 10.5 Å². The number of alkyl halides is 3. The minimum atomic E-state index is -4.59. The van der Waals surface area contributed by atoms with Crippen molar-refractivity contribution < 1.29 is 22.7 Å². The first-order valence-corrected chi connectivity index (χ1v) is 15.2. The summed E-state index contributed by atoms with van der Waals surface area (Å²) in [5, 5.41) is 7.20. The number of rotatable bonds is 11. The molecular weight excluding hydrogens is 589 g/mol. The van der Waals surface area contributed by atoms with Gasteiger partial charge in [0.25, 0.3) is 0 Å². The third-order valence-corrected chi connectivity index (χ3v) is 7.68. The highest BCUT2D eigenvalue weighted by Gasteiger charge is 2.35. The van der Waals surface area contributed by atoms with Crippen LogP contribution < -0.4 is 15.8 Å². The maximum Gasteiger partial charge on any atom is 0.435 e. The van der Waals surface area contributed by atoms with Crippen LogP contribution in [0, 0.1) is 12.8 Å². The molecule has 238 valence electrons. The Morgan fingerprint density at radius 3 is 2.28 bits per heavy atom. The SMILES string of the molecule is Cc1cccc(C(NCC2CC2)c2ccc(OCc3ccccc3)cc2)c1.NCc1cccc(-n2nc(C(F)(F)F)cc2C=O)c1. The number of halogens is 3. The summed E-state index contributed by atoms with van der Waals surface area (Å²) in [7, 11) is 0. The van der Waals surface area contributed by atoms with Crippen molar-refractivity contribution in [2.45, 2.75) is 45.1 Å². The second-order valence-corrected chi connectivity index (χ2v) is 11.4. The smallest absolute Gasteiger partial charge is 0.435 e. The van der Waals surface area contributed by atoms with Gasteiger partial charge in [0.15, 0.2) is 12.0 Å². The van der Waals surface area contributed by atoms with Gasteiger partial charge < -0.3 is 15.8 Å². The predicted molar refractivity (Wildman–Crippen MR) is 173 cm³/mol. The van der Waals surface area contributed by atoms with E-state index in [1.807, 2.05) is 18.2 Å². The summed E-state index contributed by atoms with van der Waals surface area (Å²) in [4.78, 5) is 10.8. The van der Waals surface area contributed by atoms with Crippen LogP contribution >= 0.6 is 0 Å². The number of benzene rings is 4. The number of hydrogen-bond acceptors (Lipinski definition) is 5. The van der Waals surface area contributed by atoms with Crippen molar-refractivity contribution in [1.82, 2.24) is 15.1 Å². The van der Waals surface area contributed by atoms with Crippen molar-refractivity contribution in [1.29, 1.82) is 0 Å². The summed E-state index contributed by atoms with van der Waals surface area (Å²) in [6.45, 7) is 4.09. The highest BCUT2D eigenvalue weighted by atomic mass is 19.4. The van der Waals surface area contributed by atoms with Crippen molar-refractivity contribution >= 4 is 6.29 Å². The van der Waals surface area contributed by atoms with E-state index in [2.05, 4.69) is 78.0 Å². The minimum Gasteiger partial charge on any atom is -0.489 e. The number of aryl methyl sites for hydroxylation is 1. The summed E-state index contributed by atoms with van der Waals surface area (Å²) >= 11 is 0. The number of nitrogens with zero attached hydrogens (tertiary/aromatic N) is 2. The molecule has 5 aromatic rings.